The molecule has 4 rings (SSSR count). The monoisotopic (exact) mass is 492 g/mol. The lowest BCUT2D eigenvalue weighted by Crippen LogP contribution is -2.19. The van der Waals surface area contributed by atoms with Gasteiger partial charge in [0.15, 0.2) is 0 Å². The number of anilines is 1. The van der Waals surface area contributed by atoms with Crippen LogP contribution in [0.15, 0.2) is 67.4 Å². The third-order valence-corrected chi connectivity index (χ3v) is 5.26. The Bertz CT molecular complexity index is 1460. The first-order valence-corrected chi connectivity index (χ1v) is 10.6. The molecule has 0 spiro atoms. The molecule has 0 aliphatic rings. The predicted octanol–water partition coefficient (Wildman–Crippen LogP) is 4.54. The summed E-state index contributed by atoms with van der Waals surface area (Å²) in [5.74, 6) is -1.05. The Labute approximate surface area is 203 Å². The third-order valence-electron chi connectivity index (χ3n) is 5.26. The fraction of sp³-hybridized carbons (Fsp3) is 0.120. The number of aromatic nitrogens is 4. The number of nitrogens with one attached hydrogen (secondary N) is 2. The van der Waals surface area contributed by atoms with E-state index in [-0.39, 0.29) is 17.2 Å². The molecule has 0 saturated carbocycles. The zero-order chi connectivity index (χ0) is 25.9. The Morgan fingerprint density at radius 1 is 0.833 bits per heavy atom. The number of nitrogens with zero attached hydrogens (tertiary/aromatic N) is 4. The maximum Gasteiger partial charge on any atom is 0.433 e. The fourth-order valence-electron chi connectivity index (χ4n) is 3.43. The summed E-state index contributed by atoms with van der Waals surface area (Å²) >= 11 is 0. The lowest BCUT2D eigenvalue weighted by molar-refractivity contribution is -0.141. The van der Waals surface area contributed by atoms with E-state index in [0.717, 1.165) is 17.3 Å². The quantitative estimate of drug-likeness (QED) is 0.423. The second-order valence-electron chi connectivity index (χ2n) is 7.71. The molecule has 11 heteroatoms. The number of carbonyl (C=O) groups excluding carboxylic acids is 2. The van der Waals surface area contributed by atoms with E-state index < -0.39 is 17.8 Å². The highest BCUT2D eigenvalue weighted by Crippen LogP contribution is 2.30. The first-order valence-electron chi connectivity index (χ1n) is 10.6. The van der Waals surface area contributed by atoms with Crippen LogP contribution in [0, 0.1) is 6.92 Å². The molecule has 4 aromatic rings. The van der Waals surface area contributed by atoms with Crippen LogP contribution in [0.2, 0.25) is 0 Å². The maximum absolute atomic E-state index is 12.9. The first-order chi connectivity index (χ1) is 17.2. The third kappa shape index (κ3) is 5.35. The van der Waals surface area contributed by atoms with Gasteiger partial charge in [-0.25, -0.2) is 0 Å². The van der Waals surface area contributed by atoms with Gasteiger partial charge in [-0.1, -0.05) is 0 Å². The fourth-order valence-corrected chi connectivity index (χ4v) is 3.43. The van der Waals surface area contributed by atoms with Gasteiger partial charge in [-0.05, 0) is 48.9 Å². The van der Waals surface area contributed by atoms with E-state index in [1.807, 2.05) is 6.07 Å². The van der Waals surface area contributed by atoms with Crippen molar-refractivity contribution in [3.63, 3.8) is 0 Å². The number of pyridine rings is 4. The molecular formula is C25H19F3N6O2. The van der Waals surface area contributed by atoms with Gasteiger partial charge >= 0.3 is 6.18 Å². The van der Waals surface area contributed by atoms with Crippen molar-refractivity contribution in [3.05, 3.63) is 90.0 Å². The van der Waals surface area contributed by atoms with Crippen LogP contribution in [0.3, 0.4) is 0 Å². The second-order valence-corrected chi connectivity index (χ2v) is 7.71. The van der Waals surface area contributed by atoms with E-state index in [1.165, 1.54) is 25.5 Å². The lowest BCUT2D eigenvalue weighted by Gasteiger charge is -2.12. The number of carbonyl (C=O) groups is 2. The molecule has 182 valence electrons. The van der Waals surface area contributed by atoms with Crippen molar-refractivity contribution in [2.45, 2.75) is 13.1 Å². The minimum absolute atomic E-state index is 0.187. The number of hydrogen-bond donors (Lipinski definition) is 2. The molecular weight excluding hydrogens is 473 g/mol. The van der Waals surface area contributed by atoms with Crippen molar-refractivity contribution < 1.29 is 22.8 Å². The molecule has 4 heterocycles. The Hall–Kier alpha value is -4.67. The Morgan fingerprint density at radius 2 is 1.58 bits per heavy atom. The van der Waals surface area contributed by atoms with Crippen LogP contribution < -0.4 is 10.6 Å². The molecule has 0 aromatic carbocycles. The number of rotatable bonds is 5. The van der Waals surface area contributed by atoms with Gasteiger partial charge < -0.3 is 10.6 Å². The minimum Gasteiger partial charge on any atom is -0.354 e. The molecule has 2 N–H and O–H groups in total. The Morgan fingerprint density at radius 3 is 2.33 bits per heavy atom. The van der Waals surface area contributed by atoms with Crippen molar-refractivity contribution in [3.8, 4) is 22.3 Å². The van der Waals surface area contributed by atoms with E-state index in [9.17, 15) is 22.8 Å². The van der Waals surface area contributed by atoms with Crippen molar-refractivity contribution in [1.29, 1.82) is 0 Å². The minimum atomic E-state index is -4.66. The normalized spacial score (nSPS) is 11.1. The molecule has 0 fully saturated rings. The van der Waals surface area contributed by atoms with Gasteiger partial charge in [-0.15, -0.1) is 0 Å². The molecule has 8 nitrogen and oxygen atoms in total. The largest absolute Gasteiger partial charge is 0.433 e. The van der Waals surface area contributed by atoms with Crippen molar-refractivity contribution in [2.75, 3.05) is 12.4 Å². The number of aryl methyl sites for hydroxylation is 1. The number of amides is 2. The van der Waals surface area contributed by atoms with Gasteiger partial charge in [0.2, 0.25) is 0 Å². The van der Waals surface area contributed by atoms with E-state index >= 15 is 0 Å². The van der Waals surface area contributed by atoms with Crippen LogP contribution in [0.4, 0.5) is 18.9 Å². The van der Waals surface area contributed by atoms with Crippen molar-refractivity contribution >= 4 is 17.5 Å². The standard InChI is InChI=1S/C25H19F3N6O2/c1-14-20(18-7-17(11-30-12-18)15-3-5-31-21(8-15)24(36)29-2)10-19(13-33-14)34-23(35)16-4-6-32-22(9-16)25(26,27)28/h3-13H,1-2H3,(H,29,36)(H,34,35). The second kappa shape index (κ2) is 9.90. The molecule has 2 amide bonds. The molecule has 36 heavy (non-hydrogen) atoms. The van der Waals surface area contributed by atoms with Crippen LogP contribution in [0.5, 0.6) is 0 Å². The summed E-state index contributed by atoms with van der Waals surface area (Å²) in [5.41, 5.74) is 2.66. The topological polar surface area (TPSA) is 110 Å². The molecule has 0 unspecified atom stereocenters. The molecule has 0 bridgehead atoms. The van der Waals surface area contributed by atoms with Gasteiger partial charge in [0, 0.05) is 59.8 Å². The number of halogens is 3. The maximum atomic E-state index is 12.9. The van der Waals surface area contributed by atoms with Gasteiger partial charge in [-0.2, -0.15) is 13.2 Å². The van der Waals surface area contributed by atoms with Gasteiger partial charge in [0.05, 0.1) is 11.9 Å². The summed E-state index contributed by atoms with van der Waals surface area (Å²) in [6, 6.07) is 8.79. The average Bonchev–Trinajstić information content (AvgIpc) is 2.89. The van der Waals surface area contributed by atoms with Crippen LogP contribution in [-0.2, 0) is 6.18 Å². The van der Waals surface area contributed by atoms with E-state index in [0.29, 0.717) is 28.6 Å². The van der Waals surface area contributed by atoms with E-state index in [4.69, 9.17) is 0 Å². The highest BCUT2D eigenvalue weighted by atomic mass is 19.4. The zero-order valence-corrected chi connectivity index (χ0v) is 19.1. The first kappa shape index (κ1) is 24.5. The number of hydrogen-bond acceptors (Lipinski definition) is 6. The Balaban J connectivity index is 1.63. The lowest BCUT2D eigenvalue weighted by atomic mass is 10.0. The summed E-state index contributed by atoms with van der Waals surface area (Å²) in [7, 11) is 1.52. The Kier molecular flexibility index (Phi) is 6.73. The zero-order valence-electron chi connectivity index (χ0n) is 19.1. The summed E-state index contributed by atoms with van der Waals surface area (Å²) in [4.78, 5) is 40.5. The van der Waals surface area contributed by atoms with Crippen LogP contribution in [0.25, 0.3) is 22.3 Å². The summed E-state index contributed by atoms with van der Waals surface area (Å²) in [5, 5.41) is 5.11. The van der Waals surface area contributed by atoms with Crippen molar-refractivity contribution in [2.24, 2.45) is 0 Å². The molecule has 0 aliphatic carbocycles. The van der Waals surface area contributed by atoms with Crippen molar-refractivity contribution in [1.82, 2.24) is 25.3 Å². The van der Waals surface area contributed by atoms with Crippen LogP contribution in [0.1, 0.15) is 32.2 Å². The van der Waals surface area contributed by atoms with Gasteiger partial charge in [0.25, 0.3) is 11.8 Å². The smallest absolute Gasteiger partial charge is 0.354 e. The molecule has 4 aromatic heterocycles. The molecule has 0 radical (unpaired) electrons. The van der Waals surface area contributed by atoms with E-state index in [1.54, 1.807) is 37.5 Å². The van der Waals surface area contributed by atoms with E-state index in [2.05, 4.69) is 30.6 Å². The SMILES string of the molecule is CNC(=O)c1cc(-c2cncc(-c3cc(NC(=O)c4ccnc(C(F)(F)F)c4)cnc3C)c2)ccn1. The molecule has 0 saturated heterocycles. The van der Waals surface area contributed by atoms with Gasteiger partial charge in [0.1, 0.15) is 11.4 Å². The molecule has 0 atom stereocenters. The van der Waals surface area contributed by atoms with Gasteiger partial charge in [-0.3, -0.25) is 29.5 Å². The highest BCUT2D eigenvalue weighted by Gasteiger charge is 2.33. The van der Waals surface area contributed by atoms with Crippen LogP contribution >= 0.6 is 0 Å². The number of alkyl halides is 3. The summed E-state index contributed by atoms with van der Waals surface area (Å²) < 4.78 is 38.8. The summed E-state index contributed by atoms with van der Waals surface area (Å²) in [6.45, 7) is 1.78. The average molecular weight is 492 g/mol. The highest BCUT2D eigenvalue weighted by molar-refractivity contribution is 6.04. The molecule has 0 aliphatic heterocycles. The predicted molar refractivity (Wildman–Crippen MR) is 126 cm³/mol. The summed E-state index contributed by atoms with van der Waals surface area (Å²) in [6.07, 6.45) is 2.48. The van der Waals surface area contributed by atoms with Crippen LogP contribution in [-0.4, -0.2) is 38.8 Å².